The first-order valence-electron chi connectivity index (χ1n) is 5.31. The summed E-state index contributed by atoms with van der Waals surface area (Å²) in [6.45, 7) is 2.22. The molecule has 0 aliphatic carbocycles. The zero-order valence-corrected chi connectivity index (χ0v) is 11.3. The van der Waals surface area contributed by atoms with Crippen LogP contribution in [0.1, 0.15) is 20.9 Å². The van der Waals surface area contributed by atoms with Gasteiger partial charge in [-0.3, -0.25) is 9.78 Å². The number of rotatable bonds is 3. The maximum Gasteiger partial charge on any atom is 0.253 e. The molecule has 0 unspecified atom stereocenters. The lowest BCUT2D eigenvalue weighted by Gasteiger charge is -2.06. The first-order valence-corrected chi connectivity index (χ1v) is 6.50. The molecule has 1 amide bonds. The molecule has 3 N–H and O–H groups in total. The summed E-state index contributed by atoms with van der Waals surface area (Å²) in [6.07, 6.45) is 1.53. The highest BCUT2D eigenvalue weighted by atomic mass is 35.5. The average molecular weight is 282 g/mol. The lowest BCUT2D eigenvalue weighted by molar-refractivity contribution is 0.0950. The predicted molar refractivity (Wildman–Crippen MR) is 73.9 cm³/mol. The van der Waals surface area contributed by atoms with Crippen LogP contribution in [0.25, 0.3) is 0 Å². The summed E-state index contributed by atoms with van der Waals surface area (Å²) in [7, 11) is 0. The van der Waals surface area contributed by atoms with Gasteiger partial charge in [0.1, 0.15) is 0 Å². The monoisotopic (exact) mass is 281 g/mol. The number of pyridine rings is 1. The summed E-state index contributed by atoms with van der Waals surface area (Å²) in [5.74, 6) is -0.183. The van der Waals surface area contributed by atoms with Gasteiger partial charge in [0.2, 0.25) is 0 Å². The van der Waals surface area contributed by atoms with Crippen molar-refractivity contribution >= 4 is 34.5 Å². The molecule has 2 aromatic heterocycles. The summed E-state index contributed by atoms with van der Waals surface area (Å²) in [5.41, 5.74) is 7.25. The molecule has 4 nitrogen and oxygen atoms in total. The van der Waals surface area contributed by atoms with Crippen LogP contribution in [0, 0.1) is 6.92 Å². The van der Waals surface area contributed by atoms with Gasteiger partial charge in [0.05, 0.1) is 34.0 Å². The first kappa shape index (κ1) is 12.9. The van der Waals surface area contributed by atoms with E-state index in [0.29, 0.717) is 27.8 Å². The number of aryl methyl sites for hydroxylation is 1. The second-order valence-electron chi connectivity index (χ2n) is 3.79. The Hall–Kier alpha value is -1.59. The normalized spacial score (nSPS) is 10.3. The second-order valence-corrected chi connectivity index (χ2v) is 5.59. The Labute approximate surface area is 114 Å². The molecule has 2 heterocycles. The topological polar surface area (TPSA) is 68.0 Å². The zero-order chi connectivity index (χ0) is 13.1. The number of nitrogens with zero attached hydrogens (tertiary/aromatic N) is 1. The molecule has 0 radical (unpaired) electrons. The Morgan fingerprint density at radius 2 is 2.33 bits per heavy atom. The van der Waals surface area contributed by atoms with Gasteiger partial charge in [-0.25, -0.2) is 0 Å². The van der Waals surface area contributed by atoms with Crippen molar-refractivity contribution in [2.75, 3.05) is 5.73 Å². The molecule has 0 aliphatic rings. The van der Waals surface area contributed by atoms with Crippen molar-refractivity contribution < 1.29 is 4.79 Å². The Morgan fingerprint density at radius 3 is 3.00 bits per heavy atom. The largest absolute Gasteiger partial charge is 0.397 e. The molecular weight excluding hydrogens is 270 g/mol. The third-order valence-corrected chi connectivity index (χ3v) is 3.64. The molecule has 2 rings (SSSR count). The minimum atomic E-state index is -0.183. The minimum Gasteiger partial charge on any atom is -0.397 e. The SMILES string of the molecule is Cc1ncc(N)cc1C(=O)NCc1ccc(Cl)s1. The van der Waals surface area contributed by atoms with E-state index in [2.05, 4.69) is 10.3 Å². The number of hydrogen-bond donors (Lipinski definition) is 2. The first-order chi connectivity index (χ1) is 8.56. The fourth-order valence-corrected chi connectivity index (χ4v) is 2.52. The lowest BCUT2D eigenvalue weighted by Crippen LogP contribution is -2.23. The number of thiophene rings is 1. The Balaban J connectivity index is 2.05. The summed E-state index contributed by atoms with van der Waals surface area (Å²) < 4.78 is 0.709. The van der Waals surface area contributed by atoms with E-state index in [4.69, 9.17) is 17.3 Å². The molecule has 0 aliphatic heterocycles. The highest BCUT2D eigenvalue weighted by molar-refractivity contribution is 7.16. The van der Waals surface area contributed by atoms with Crippen LogP contribution in [0.5, 0.6) is 0 Å². The molecule has 0 aromatic carbocycles. The van der Waals surface area contributed by atoms with Crippen LogP contribution in [-0.2, 0) is 6.54 Å². The molecule has 18 heavy (non-hydrogen) atoms. The summed E-state index contributed by atoms with van der Waals surface area (Å²) in [4.78, 5) is 17.0. The molecule has 0 saturated heterocycles. The van der Waals surface area contributed by atoms with Crippen LogP contribution in [0.3, 0.4) is 0 Å². The number of nitrogens with two attached hydrogens (primary N) is 1. The van der Waals surface area contributed by atoms with E-state index in [0.717, 1.165) is 4.88 Å². The molecule has 0 bridgehead atoms. The predicted octanol–water partition coefficient (Wildman–Crippen LogP) is 2.62. The van der Waals surface area contributed by atoms with Gasteiger partial charge in [-0.2, -0.15) is 0 Å². The van der Waals surface area contributed by atoms with E-state index in [9.17, 15) is 4.79 Å². The molecule has 0 spiro atoms. The number of aromatic nitrogens is 1. The number of carbonyl (C=O) groups is 1. The van der Waals surface area contributed by atoms with Crippen LogP contribution in [0.2, 0.25) is 4.34 Å². The van der Waals surface area contributed by atoms with Crippen molar-refractivity contribution in [3.8, 4) is 0 Å². The molecule has 94 valence electrons. The number of nitrogen functional groups attached to an aromatic ring is 1. The quantitative estimate of drug-likeness (QED) is 0.909. The van der Waals surface area contributed by atoms with E-state index in [1.54, 1.807) is 19.1 Å². The van der Waals surface area contributed by atoms with Gasteiger partial charge in [0.25, 0.3) is 5.91 Å². The van der Waals surface area contributed by atoms with E-state index in [1.165, 1.54) is 17.5 Å². The maximum absolute atomic E-state index is 12.0. The summed E-state index contributed by atoms with van der Waals surface area (Å²) in [6, 6.07) is 5.32. The second kappa shape index (κ2) is 5.37. The minimum absolute atomic E-state index is 0.183. The summed E-state index contributed by atoms with van der Waals surface area (Å²) >= 11 is 7.26. The van der Waals surface area contributed by atoms with Gasteiger partial charge >= 0.3 is 0 Å². The molecule has 0 fully saturated rings. The number of nitrogens with one attached hydrogen (secondary N) is 1. The van der Waals surface area contributed by atoms with Crippen LogP contribution >= 0.6 is 22.9 Å². The van der Waals surface area contributed by atoms with Gasteiger partial charge in [-0.1, -0.05) is 11.6 Å². The smallest absolute Gasteiger partial charge is 0.253 e. The number of carbonyl (C=O) groups excluding carboxylic acids is 1. The number of anilines is 1. The van der Waals surface area contributed by atoms with Gasteiger partial charge in [0, 0.05) is 4.88 Å². The standard InChI is InChI=1S/C12H12ClN3OS/c1-7-10(4-8(14)5-15-7)12(17)16-6-9-2-3-11(13)18-9/h2-5H,6,14H2,1H3,(H,16,17). The third-order valence-electron chi connectivity index (χ3n) is 2.40. The van der Waals surface area contributed by atoms with Gasteiger partial charge in [-0.05, 0) is 25.1 Å². The average Bonchev–Trinajstić information content (AvgIpc) is 2.75. The van der Waals surface area contributed by atoms with Crippen LogP contribution in [0.15, 0.2) is 24.4 Å². The van der Waals surface area contributed by atoms with Crippen molar-refractivity contribution in [1.29, 1.82) is 0 Å². The van der Waals surface area contributed by atoms with Crippen molar-refractivity contribution in [1.82, 2.24) is 10.3 Å². The summed E-state index contributed by atoms with van der Waals surface area (Å²) in [5, 5.41) is 2.81. The lowest BCUT2D eigenvalue weighted by atomic mass is 10.2. The molecule has 2 aromatic rings. The van der Waals surface area contributed by atoms with Crippen molar-refractivity contribution in [3.05, 3.63) is 44.9 Å². The number of hydrogen-bond acceptors (Lipinski definition) is 4. The fourth-order valence-electron chi connectivity index (χ4n) is 1.49. The van der Waals surface area contributed by atoms with Gasteiger partial charge in [-0.15, -0.1) is 11.3 Å². The molecule has 0 atom stereocenters. The fraction of sp³-hybridized carbons (Fsp3) is 0.167. The van der Waals surface area contributed by atoms with Crippen LogP contribution < -0.4 is 11.1 Å². The maximum atomic E-state index is 12.0. The van der Waals surface area contributed by atoms with E-state index < -0.39 is 0 Å². The van der Waals surface area contributed by atoms with Crippen LogP contribution in [0.4, 0.5) is 5.69 Å². The highest BCUT2D eigenvalue weighted by Gasteiger charge is 2.10. The number of amides is 1. The molecule has 6 heteroatoms. The van der Waals surface area contributed by atoms with E-state index >= 15 is 0 Å². The van der Waals surface area contributed by atoms with E-state index in [-0.39, 0.29) is 5.91 Å². The third kappa shape index (κ3) is 3.00. The Morgan fingerprint density at radius 1 is 1.56 bits per heavy atom. The Kier molecular flexibility index (Phi) is 3.84. The van der Waals surface area contributed by atoms with Crippen molar-refractivity contribution in [2.45, 2.75) is 13.5 Å². The Bertz CT molecular complexity index is 582. The van der Waals surface area contributed by atoms with Gasteiger partial charge < -0.3 is 11.1 Å². The highest BCUT2D eigenvalue weighted by Crippen LogP contribution is 2.21. The van der Waals surface area contributed by atoms with Gasteiger partial charge in [0.15, 0.2) is 0 Å². The number of halogens is 1. The zero-order valence-electron chi connectivity index (χ0n) is 9.74. The van der Waals surface area contributed by atoms with E-state index in [1.807, 2.05) is 6.07 Å². The van der Waals surface area contributed by atoms with Crippen molar-refractivity contribution in [2.24, 2.45) is 0 Å². The van der Waals surface area contributed by atoms with Crippen molar-refractivity contribution in [3.63, 3.8) is 0 Å². The molecular formula is C12H12ClN3OS. The molecule has 0 saturated carbocycles. The van der Waals surface area contributed by atoms with Crippen LogP contribution in [-0.4, -0.2) is 10.9 Å².